The van der Waals surface area contributed by atoms with E-state index in [1.54, 1.807) is 6.92 Å². The van der Waals surface area contributed by atoms with Gasteiger partial charge in [0.25, 0.3) is 0 Å². The van der Waals surface area contributed by atoms with Gasteiger partial charge in [0.15, 0.2) is 0 Å². The Morgan fingerprint density at radius 2 is 2.25 bits per heavy atom. The standard InChI is InChI=1S/C8H12O4/c1-3-5-4(2)6(7(9)10)12-8(5)11/h4-6H,3H2,1-2H3,(H,9,10). The van der Waals surface area contributed by atoms with Crippen molar-refractivity contribution < 1.29 is 19.4 Å². The van der Waals surface area contributed by atoms with E-state index in [2.05, 4.69) is 0 Å². The van der Waals surface area contributed by atoms with Crippen LogP contribution in [0.3, 0.4) is 0 Å². The Balaban J connectivity index is 2.75. The maximum atomic E-state index is 11.0. The first-order valence-corrected chi connectivity index (χ1v) is 4.01. The molecule has 0 aliphatic carbocycles. The number of carbonyl (C=O) groups is 2. The van der Waals surface area contributed by atoms with Crippen molar-refractivity contribution in [3.05, 3.63) is 0 Å². The van der Waals surface area contributed by atoms with Crippen molar-refractivity contribution in [2.24, 2.45) is 11.8 Å². The number of rotatable bonds is 2. The third-order valence-corrected chi connectivity index (χ3v) is 2.34. The molecule has 1 aliphatic heterocycles. The first-order chi connectivity index (χ1) is 5.57. The van der Waals surface area contributed by atoms with Gasteiger partial charge in [-0.25, -0.2) is 4.79 Å². The zero-order chi connectivity index (χ0) is 9.30. The van der Waals surface area contributed by atoms with Crippen LogP contribution in [0.15, 0.2) is 0 Å². The highest BCUT2D eigenvalue weighted by Crippen LogP contribution is 2.30. The molecule has 1 rings (SSSR count). The zero-order valence-electron chi connectivity index (χ0n) is 7.11. The van der Waals surface area contributed by atoms with Crippen molar-refractivity contribution >= 4 is 11.9 Å². The van der Waals surface area contributed by atoms with Gasteiger partial charge in [-0.2, -0.15) is 0 Å². The summed E-state index contributed by atoms with van der Waals surface area (Å²) in [5.41, 5.74) is 0. The Kier molecular flexibility index (Phi) is 2.35. The first-order valence-electron chi connectivity index (χ1n) is 4.01. The van der Waals surface area contributed by atoms with E-state index in [1.165, 1.54) is 0 Å². The number of aliphatic carboxylic acids is 1. The van der Waals surface area contributed by atoms with E-state index in [1.807, 2.05) is 6.92 Å². The second kappa shape index (κ2) is 3.13. The molecule has 1 saturated heterocycles. The summed E-state index contributed by atoms with van der Waals surface area (Å²) < 4.78 is 4.70. The number of ether oxygens (including phenoxy) is 1. The Hall–Kier alpha value is -1.06. The van der Waals surface area contributed by atoms with Gasteiger partial charge in [-0.1, -0.05) is 13.8 Å². The normalized spacial score (nSPS) is 34.8. The van der Waals surface area contributed by atoms with Crippen LogP contribution < -0.4 is 0 Å². The average Bonchev–Trinajstić information content (AvgIpc) is 2.27. The van der Waals surface area contributed by atoms with Gasteiger partial charge in [-0.15, -0.1) is 0 Å². The van der Waals surface area contributed by atoms with Crippen LogP contribution in [0.1, 0.15) is 20.3 Å². The first kappa shape index (κ1) is 9.03. The van der Waals surface area contributed by atoms with Crippen molar-refractivity contribution in [3.63, 3.8) is 0 Å². The highest BCUT2D eigenvalue weighted by molar-refractivity contribution is 5.83. The van der Waals surface area contributed by atoms with Gasteiger partial charge in [-0.3, -0.25) is 4.79 Å². The summed E-state index contributed by atoms with van der Waals surface area (Å²) in [4.78, 5) is 21.6. The Morgan fingerprint density at radius 1 is 1.67 bits per heavy atom. The van der Waals surface area contributed by atoms with Crippen LogP contribution in [0.2, 0.25) is 0 Å². The number of hydrogen-bond donors (Lipinski definition) is 1. The Morgan fingerprint density at radius 3 is 2.50 bits per heavy atom. The van der Waals surface area contributed by atoms with Gasteiger partial charge in [-0.05, 0) is 6.42 Å². The van der Waals surface area contributed by atoms with Gasteiger partial charge >= 0.3 is 11.9 Å². The number of carboxylic acids is 1. The molecule has 3 unspecified atom stereocenters. The maximum absolute atomic E-state index is 11.0. The molecule has 0 bridgehead atoms. The lowest BCUT2D eigenvalue weighted by Gasteiger charge is -2.10. The average molecular weight is 172 g/mol. The van der Waals surface area contributed by atoms with Crippen molar-refractivity contribution in [3.8, 4) is 0 Å². The van der Waals surface area contributed by atoms with Crippen molar-refractivity contribution in [1.82, 2.24) is 0 Å². The van der Waals surface area contributed by atoms with Crippen LogP contribution in [0.5, 0.6) is 0 Å². The lowest BCUT2D eigenvalue weighted by Crippen LogP contribution is -2.26. The van der Waals surface area contributed by atoms with Crippen molar-refractivity contribution in [1.29, 1.82) is 0 Å². The molecular weight excluding hydrogens is 160 g/mol. The summed E-state index contributed by atoms with van der Waals surface area (Å²) in [7, 11) is 0. The van der Waals surface area contributed by atoms with Crippen LogP contribution in [0.4, 0.5) is 0 Å². The molecule has 3 atom stereocenters. The van der Waals surface area contributed by atoms with Crippen molar-refractivity contribution in [2.45, 2.75) is 26.4 Å². The van der Waals surface area contributed by atoms with Gasteiger partial charge < -0.3 is 9.84 Å². The largest absolute Gasteiger partial charge is 0.478 e. The smallest absolute Gasteiger partial charge is 0.345 e. The third-order valence-electron chi connectivity index (χ3n) is 2.34. The molecular formula is C8H12O4. The van der Waals surface area contributed by atoms with Crippen LogP contribution in [-0.2, 0) is 14.3 Å². The fourth-order valence-electron chi connectivity index (χ4n) is 1.56. The fourth-order valence-corrected chi connectivity index (χ4v) is 1.56. The molecule has 0 aromatic carbocycles. The Bertz CT molecular complexity index is 211. The van der Waals surface area contributed by atoms with Crippen LogP contribution in [0, 0.1) is 11.8 Å². The molecule has 4 nitrogen and oxygen atoms in total. The molecule has 1 heterocycles. The minimum absolute atomic E-state index is 0.208. The molecule has 12 heavy (non-hydrogen) atoms. The number of carbonyl (C=O) groups excluding carboxylic acids is 1. The quantitative estimate of drug-likeness (QED) is 0.621. The molecule has 1 fully saturated rings. The van der Waals surface area contributed by atoms with E-state index in [0.717, 1.165) is 0 Å². The maximum Gasteiger partial charge on any atom is 0.345 e. The molecule has 1 aliphatic rings. The minimum Gasteiger partial charge on any atom is -0.478 e. The lowest BCUT2D eigenvalue weighted by atomic mass is 9.90. The van der Waals surface area contributed by atoms with Crippen LogP contribution in [0.25, 0.3) is 0 Å². The number of carboxylic acid groups (broad SMARTS) is 1. The van der Waals surface area contributed by atoms with E-state index >= 15 is 0 Å². The van der Waals surface area contributed by atoms with E-state index < -0.39 is 12.1 Å². The molecule has 0 spiro atoms. The SMILES string of the molecule is CCC1C(=O)OC(C(=O)O)C1C. The number of hydrogen-bond acceptors (Lipinski definition) is 3. The molecule has 0 aromatic rings. The van der Waals surface area contributed by atoms with Crippen molar-refractivity contribution in [2.75, 3.05) is 0 Å². The summed E-state index contributed by atoms with van der Waals surface area (Å²) in [6.45, 7) is 3.59. The highest BCUT2D eigenvalue weighted by Gasteiger charge is 2.44. The highest BCUT2D eigenvalue weighted by atomic mass is 16.6. The van der Waals surface area contributed by atoms with E-state index in [9.17, 15) is 9.59 Å². The number of cyclic esters (lactones) is 1. The number of esters is 1. The lowest BCUT2D eigenvalue weighted by molar-refractivity contribution is -0.158. The summed E-state index contributed by atoms with van der Waals surface area (Å²) in [5.74, 6) is -1.88. The minimum atomic E-state index is -1.05. The van der Waals surface area contributed by atoms with E-state index in [-0.39, 0.29) is 17.8 Å². The molecule has 0 aromatic heterocycles. The molecule has 4 heteroatoms. The zero-order valence-corrected chi connectivity index (χ0v) is 7.11. The summed E-state index contributed by atoms with van der Waals surface area (Å²) >= 11 is 0. The molecule has 0 amide bonds. The van der Waals surface area contributed by atoms with Gasteiger partial charge in [0.2, 0.25) is 6.10 Å². The van der Waals surface area contributed by atoms with E-state index in [0.29, 0.717) is 6.42 Å². The summed E-state index contributed by atoms with van der Waals surface area (Å²) in [6.07, 6.45) is -0.300. The van der Waals surface area contributed by atoms with Gasteiger partial charge in [0.05, 0.1) is 5.92 Å². The third kappa shape index (κ3) is 1.29. The second-order valence-corrected chi connectivity index (χ2v) is 3.07. The molecule has 0 radical (unpaired) electrons. The van der Waals surface area contributed by atoms with Crippen LogP contribution >= 0.6 is 0 Å². The predicted octanol–water partition coefficient (Wildman–Crippen LogP) is 0.659. The monoisotopic (exact) mass is 172 g/mol. The van der Waals surface area contributed by atoms with Gasteiger partial charge in [0.1, 0.15) is 0 Å². The summed E-state index contributed by atoms with van der Waals surface area (Å²) in [6, 6.07) is 0. The van der Waals surface area contributed by atoms with Gasteiger partial charge in [0, 0.05) is 5.92 Å². The molecule has 0 saturated carbocycles. The fraction of sp³-hybridized carbons (Fsp3) is 0.750. The second-order valence-electron chi connectivity index (χ2n) is 3.07. The topological polar surface area (TPSA) is 63.6 Å². The molecule has 68 valence electrons. The van der Waals surface area contributed by atoms with Crippen LogP contribution in [-0.4, -0.2) is 23.1 Å². The Labute approximate surface area is 70.5 Å². The molecule has 1 N–H and O–H groups in total. The van der Waals surface area contributed by atoms with E-state index in [4.69, 9.17) is 9.84 Å². The summed E-state index contributed by atoms with van der Waals surface area (Å²) in [5, 5.41) is 8.64. The predicted molar refractivity (Wildman–Crippen MR) is 40.5 cm³/mol.